The molecule has 1 aromatic carbocycles. The number of aryl methyl sites for hydroxylation is 1. The molecule has 0 aliphatic carbocycles. The summed E-state index contributed by atoms with van der Waals surface area (Å²) in [5, 5.41) is 13.9. The van der Waals surface area contributed by atoms with E-state index in [2.05, 4.69) is 41.5 Å². The fraction of sp³-hybridized carbons (Fsp3) is 0.389. The Morgan fingerprint density at radius 3 is 2.88 bits per heavy atom. The molecule has 2 heterocycles. The number of carbonyl (C=O) groups excluding carboxylic acids is 1. The number of anilines is 1. The van der Waals surface area contributed by atoms with Gasteiger partial charge in [-0.25, -0.2) is 9.78 Å². The minimum absolute atomic E-state index is 0.0786. The van der Waals surface area contributed by atoms with Crippen molar-refractivity contribution < 1.29 is 14.7 Å². The van der Waals surface area contributed by atoms with Crippen LogP contribution in [0.4, 0.5) is 5.69 Å². The third-order valence-electron chi connectivity index (χ3n) is 4.31. The first-order valence-electron chi connectivity index (χ1n) is 8.44. The Kier molecular flexibility index (Phi) is 6.16. The second-order valence-electron chi connectivity index (χ2n) is 6.18. The van der Waals surface area contributed by atoms with E-state index in [0.717, 1.165) is 23.0 Å². The summed E-state index contributed by atoms with van der Waals surface area (Å²) in [7, 11) is 0. The van der Waals surface area contributed by atoms with Crippen molar-refractivity contribution in [2.75, 3.05) is 24.2 Å². The molecule has 8 heteroatoms. The van der Waals surface area contributed by atoms with Gasteiger partial charge < -0.3 is 15.3 Å². The average molecular weight is 392 g/mol. The molecule has 2 N–H and O–H groups in total. The molecule has 1 aromatic heterocycles. The number of hydrogen-bond donors (Lipinski definition) is 2. The molecule has 2 aromatic rings. The van der Waals surface area contributed by atoms with Crippen LogP contribution in [0.1, 0.15) is 28.9 Å². The summed E-state index contributed by atoms with van der Waals surface area (Å²) in [5.41, 5.74) is 2.36. The highest BCUT2D eigenvalue weighted by Crippen LogP contribution is 2.25. The third-order valence-corrected chi connectivity index (χ3v) is 6.31. The molecule has 1 fully saturated rings. The van der Waals surface area contributed by atoms with Gasteiger partial charge in [-0.1, -0.05) is 29.5 Å². The molecule has 0 radical (unpaired) electrons. The monoisotopic (exact) mass is 391 g/mol. The summed E-state index contributed by atoms with van der Waals surface area (Å²) >= 11 is 2.82. The minimum atomic E-state index is -1.01. The van der Waals surface area contributed by atoms with E-state index in [4.69, 9.17) is 5.11 Å². The van der Waals surface area contributed by atoms with Gasteiger partial charge in [0.15, 0.2) is 10.0 Å². The van der Waals surface area contributed by atoms with Crippen molar-refractivity contribution in [1.29, 1.82) is 0 Å². The van der Waals surface area contributed by atoms with E-state index in [1.54, 1.807) is 5.38 Å². The number of thiazole rings is 1. The number of benzene rings is 1. The van der Waals surface area contributed by atoms with Crippen LogP contribution in [0.25, 0.3) is 0 Å². The number of carboxylic acids is 1. The van der Waals surface area contributed by atoms with Crippen molar-refractivity contribution in [1.82, 2.24) is 9.88 Å². The lowest BCUT2D eigenvalue weighted by Crippen LogP contribution is -2.39. The summed E-state index contributed by atoms with van der Waals surface area (Å²) in [5.74, 6) is -0.115. The molecule has 1 saturated heterocycles. The smallest absolute Gasteiger partial charge is 0.355 e. The number of hydrogen-bond acceptors (Lipinski definition) is 6. The van der Waals surface area contributed by atoms with Crippen molar-refractivity contribution in [2.24, 2.45) is 0 Å². The average Bonchev–Trinajstić information content (AvgIpc) is 3.23. The fourth-order valence-corrected chi connectivity index (χ4v) is 4.68. The minimum Gasteiger partial charge on any atom is -0.476 e. The zero-order valence-electron chi connectivity index (χ0n) is 14.5. The van der Waals surface area contributed by atoms with Gasteiger partial charge in [-0.2, -0.15) is 0 Å². The molecule has 0 bridgehead atoms. The van der Waals surface area contributed by atoms with Gasteiger partial charge in [0.1, 0.15) is 0 Å². The summed E-state index contributed by atoms with van der Waals surface area (Å²) < 4.78 is 0.725. The van der Waals surface area contributed by atoms with E-state index in [1.165, 1.54) is 28.7 Å². The van der Waals surface area contributed by atoms with Gasteiger partial charge in [0.05, 0.1) is 0 Å². The van der Waals surface area contributed by atoms with E-state index < -0.39 is 5.97 Å². The van der Waals surface area contributed by atoms with Crippen molar-refractivity contribution >= 4 is 40.7 Å². The summed E-state index contributed by atoms with van der Waals surface area (Å²) in [6.45, 7) is 3.44. The van der Waals surface area contributed by atoms with Gasteiger partial charge in [0, 0.05) is 42.4 Å². The standard InChI is InChI=1S/C18H21N3O3S2/c1-12-2-4-13(5-3-12)19-10-14-6-7-16(22)21(14)8-9-25-18-20-15(11-26-18)17(23)24/h2-5,11,14,19H,6-10H2,1H3,(H,23,24). The number of amides is 1. The topological polar surface area (TPSA) is 82.5 Å². The summed E-state index contributed by atoms with van der Waals surface area (Å²) in [6.07, 6.45) is 1.45. The van der Waals surface area contributed by atoms with Crippen molar-refractivity contribution in [2.45, 2.75) is 30.1 Å². The number of aromatic carboxylic acids is 1. The van der Waals surface area contributed by atoms with E-state index >= 15 is 0 Å². The number of aromatic nitrogens is 1. The van der Waals surface area contributed by atoms with Gasteiger partial charge in [-0.3, -0.25) is 4.79 Å². The SMILES string of the molecule is Cc1ccc(NCC2CCC(=O)N2CCSc2nc(C(=O)O)cs2)cc1. The first kappa shape index (κ1) is 18.7. The van der Waals surface area contributed by atoms with Crippen LogP contribution in [0.5, 0.6) is 0 Å². The summed E-state index contributed by atoms with van der Waals surface area (Å²) in [4.78, 5) is 29.0. The van der Waals surface area contributed by atoms with Crippen LogP contribution < -0.4 is 5.32 Å². The molecule has 0 spiro atoms. The number of nitrogens with zero attached hydrogens (tertiary/aromatic N) is 2. The second kappa shape index (κ2) is 8.55. The maximum Gasteiger partial charge on any atom is 0.355 e. The van der Waals surface area contributed by atoms with Gasteiger partial charge in [-0.15, -0.1) is 11.3 Å². The molecule has 1 amide bonds. The molecule has 3 rings (SSSR count). The number of likely N-dealkylation sites (tertiary alicyclic amines) is 1. The number of thioether (sulfide) groups is 1. The molecule has 1 atom stereocenters. The molecule has 138 valence electrons. The molecule has 1 aliphatic rings. The van der Waals surface area contributed by atoms with Crippen LogP contribution in [0.15, 0.2) is 34.0 Å². The number of carboxylic acid groups (broad SMARTS) is 1. The lowest BCUT2D eigenvalue weighted by atomic mass is 10.2. The van der Waals surface area contributed by atoms with Crippen LogP contribution in [0.2, 0.25) is 0 Å². The largest absolute Gasteiger partial charge is 0.476 e. The zero-order valence-corrected chi connectivity index (χ0v) is 16.1. The van der Waals surface area contributed by atoms with Gasteiger partial charge in [-0.05, 0) is 25.5 Å². The Morgan fingerprint density at radius 2 is 2.19 bits per heavy atom. The predicted molar refractivity (Wildman–Crippen MR) is 104 cm³/mol. The molecule has 26 heavy (non-hydrogen) atoms. The van der Waals surface area contributed by atoms with Crippen LogP contribution >= 0.6 is 23.1 Å². The van der Waals surface area contributed by atoms with Crippen LogP contribution in [0.3, 0.4) is 0 Å². The highest BCUT2D eigenvalue weighted by atomic mass is 32.2. The van der Waals surface area contributed by atoms with Gasteiger partial charge >= 0.3 is 5.97 Å². The maximum absolute atomic E-state index is 12.2. The lowest BCUT2D eigenvalue weighted by molar-refractivity contribution is -0.128. The van der Waals surface area contributed by atoms with Gasteiger partial charge in [0.25, 0.3) is 0 Å². The Morgan fingerprint density at radius 1 is 1.42 bits per heavy atom. The fourth-order valence-electron chi connectivity index (χ4n) is 2.87. The quantitative estimate of drug-likeness (QED) is 0.672. The second-order valence-corrected chi connectivity index (χ2v) is 8.38. The Hall–Kier alpha value is -2.06. The van der Waals surface area contributed by atoms with Crippen molar-refractivity contribution in [3.8, 4) is 0 Å². The maximum atomic E-state index is 12.2. The Labute approximate surface area is 160 Å². The number of nitrogens with one attached hydrogen (secondary N) is 1. The molecular weight excluding hydrogens is 370 g/mol. The van der Waals surface area contributed by atoms with Crippen molar-refractivity contribution in [3.63, 3.8) is 0 Å². The molecule has 6 nitrogen and oxygen atoms in total. The molecular formula is C18H21N3O3S2. The third kappa shape index (κ3) is 4.76. The van der Waals surface area contributed by atoms with E-state index in [-0.39, 0.29) is 17.6 Å². The van der Waals surface area contributed by atoms with Crippen LogP contribution in [-0.2, 0) is 4.79 Å². The molecule has 1 aliphatic heterocycles. The highest BCUT2D eigenvalue weighted by molar-refractivity contribution is 8.01. The van der Waals surface area contributed by atoms with E-state index in [0.29, 0.717) is 18.7 Å². The van der Waals surface area contributed by atoms with Crippen LogP contribution in [-0.4, -0.2) is 51.8 Å². The summed E-state index contributed by atoms with van der Waals surface area (Å²) in [6, 6.07) is 8.42. The first-order chi connectivity index (χ1) is 12.5. The van der Waals surface area contributed by atoms with Crippen LogP contribution in [0, 0.1) is 6.92 Å². The number of carbonyl (C=O) groups is 2. The molecule has 0 saturated carbocycles. The van der Waals surface area contributed by atoms with Gasteiger partial charge in [0.2, 0.25) is 5.91 Å². The Balaban J connectivity index is 1.49. The van der Waals surface area contributed by atoms with E-state index in [1.807, 2.05) is 4.90 Å². The zero-order chi connectivity index (χ0) is 18.5. The van der Waals surface area contributed by atoms with E-state index in [9.17, 15) is 9.59 Å². The first-order valence-corrected chi connectivity index (χ1v) is 10.3. The normalized spacial score (nSPS) is 16.9. The van der Waals surface area contributed by atoms with Crippen molar-refractivity contribution in [3.05, 3.63) is 40.9 Å². The lowest BCUT2D eigenvalue weighted by Gasteiger charge is -2.25. The predicted octanol–water partition coefficient (Wildman–Crippen LogP) is 3.34. The molecule has 1 unspecified atom stereocenters. The highest BCUT2D eigenvalue weighted by Gasteiger charge is 2.30. The Bertz CT molecular complexity index is 776. The number of rotatable bonds is 8.